The van der Waals surface area contributed by atoms with Gasteiger partial charge in [0.05, 0.1) is 0 Å². The molecule has 0 radical (unpaired) electrons. The number of hydrogen-bond donors (Lipinski definition) is 2. The van der Waals surface area contributed by atoms with E-state index in [1.807, 2.05) is 0 Å². The summed E-state index contributed by atoms with van der Waals surface area (Å²) < 4.78 is 1.29. The van der Waals surface area contributed by atoms with Crippen molar-refractivity contribution in [2.45, 2.75) is 45.6 Å². The third kappa shape index (κ3) is 3.72. The summed E-state index contributed by atoms with van der Waals surface area (Å²) in [4.78, 5) is 31.4. The van der Waals surface area contributed by atoms with Crippen LogP contribution in [0.15, 0.2) is 23.1 Å². The Hall–Kier alpha value is -2.41. The average Bonchev–Trinajstić information content (AvgIpc) is 2.61. The van der Waals surface area contributed by atoms with Gasteiger partial charge in [-0.1, -0.05) is 12.5 Å². The Morgan fingerprint density at radius 3 is 3.00 bits per heavy atom. The SMILES string of the molecule is Cc1cccn2c(=O)c(C(=O)NCCCN3CCCC[C@H]3C)c(O)nc12. The molecule has 0 aliphatic carbocycles. The van der Waals surface area contributed by atoms with Crippen molar-refractivity contribution >= 4 is 11.6 Å². The Balaban J connectivity index is 1.65. The number of carbonyl (C=O) groups is 1. The number of amides is 1. The molecule has 7 nitrogen and oxygen atoms in total. The maximum Gasteiger partial charge on any atom is 0.274 e. The van der Waals surface area contributed by atoms with Crippen LogP contribution >= 0.6 is 0 Å². The van der Waals surface area contributed by atoms with Gasteiger partial charge >= 0.3 is 0 Å². The van der Waals surface area contributed by atoms with E-state index in [2.05, 4.69) is 22.1 Å². The number of fused-ring (bicyclic) bond motifs is 1. The van der Waals surface area contributed by atoms with Crippen LogP contribution in [0.25, 0.3) is 5.65 Å². The van der Waals surface area contributed by atoms with Crippen LogP contribution in [0.2, 0.25) is 0 Å². The molecule has 7 heteroatoms. The Bertz CT molecular complexity index is 862. The normalized spacial score (nSPS) is 18.2. The molecule has 140 valence electrons. The van der Waals surface area contributed by atoms with Crippen molar-refractivity contribution in [2.24, 2.45) is 0 Å². The lowest BCUT2D eigenvalue weighted by molar-refractivity contribution is 0.0943. The van der Waals surface area contributed by atoms with E-state index < -0.39 is 17.3 Å². The zero-order valence-electron chi connectivity index (χ0n) is 15.4. The van der Waals surface area contributed by atoms with Gasteiger partial charge in [-0.05, 0) is 51.3 Å². The fourth-order valence-corrected chi connectivity index (χ4v) is 3.55. The molecule has 1 amide bonds. The van der Waals surface area contributed by atoms with Gasteiger partial charge in [-0.2, -0.15) is 4.98 Å². The summed E-state index contributed by atoms with van der Waals surface area (Å²) in [6.45, 7) is 6.51. The standard InChI is InChI=1S/C19H26N4O3/c1-13-7-5-12-23-16(13)21-18(25)15(19(23)26)17(24)20-9-6-11-22-10-4-3-8-14(22)2/h5,7,12,14,25H,3-4,6,8-11H2,1-2H3,(H,20,24)/t14-/m1/s1. The van der Waals surface area contributed by atoms with Crippen LogP contribution in [-0.4, -0.2) is 51.0 Å². The molecular formula is C19H26N4O3. The minimum atomic E-state index is -0.581. The van der Waals surface area contributed by atoms with E-state index in [4.69, 9.17) is 0 Å². The first kappa shape index (κ1) is 18.4. The maximum atomic E-state index is 12.6. The van der Waals surface area contributed by atoms with Crippen LogP contribution in [0.3, 0.4) is 0 Å². The first-order valence-corrected chi connectivity index (χ1v) is 9.22. The lowest BCUT2D eigenvalue weighted by Gasteiger charge is -2.33. The highest BCUT2D eigenvalue weighted by Crippen LogP contribution is 2.16. The van der Waals surface area contributed by atoms with Crippen molar-refractivity contribution in [1.82, 2.24) is 19.6 Å². The number of rotatable bonds is 5. The molecule has 1 fully saturated rings. The molecule has 0 saturated carbocycles. The highest BCUT2D eigenvalue weighted by atomic mass is 16.3. The molecule has 0 bridgehead atoms. The zero-order chi connectivity index (χ0) is 18.7. The molecule has 1 aliphatic heterocycles. The van der Waals surface area contributed by atoms with Gasteiger partial charge in [-0.15, -0.1) is 0 Å². The number of hydrogen-bond acceptors (Lipinski definition) is 5. The summed E-state index contributed by atoms with van der Waals surface area (Å²) in [7, 11) is 0. The van der Waals surface area contributed by atoms with Crippen molar-refractivity contribution in [1.29, 1.82) is 0 Å². The highest BCUT2D eigenvalue weighted by molar-refractivity contribution is 5.96. The third-order valence-corrected chi connectivity index (χ3v) is 5.11. The van der Waals surface area contributed by atoms with E-state index in [0.29, 0.717) is 18.2 Å². The summed E-state index contributed by atoms with van der Waals surface area (Å²) in [6, 6.07) is 4.09. The van der Waals surface area contributed by atoms with E-state index in [-0.39, 0.29) is 5.56 Å². The number of pyridine rings is 1. The molecule has 1 saturated heterocycles. The van der Waals surface area contributed by atoms with Crippen LogP contribution in [0.1, 0.15) is 48.5 Å². The van der Waals surface area contributed by atoms with Crippen LogP contribution in [0.5, 0.6) is 5.88 Å². The lowest BCUT2D eigenvalue weighted by Crippen LogP contribution is -2.39. The summed E-state index contributed by atoms with van der Waals surface area (Å²) in [6.07, 6.45) is 6.08. The van der Waals surface area contributed by atoms with Gasteiger partial charge in [0.1, 0.15) is 5.65 Å². The Morgan fingerprint density at radius 1 is 1.42 bits per heavy atom. The van der Waals surface area contributed by atoms with Crippen molar-refractivity contribution in [3.63, 3.8) is 0 Å². The second kappa shape index (κ2) is 7.86. The third-order valence-electron chi connectivity index (χ3n) is 5.11. The number of piperidine rings is 1. The maximum absolute atomic E-state index is 12.6. The first-order valence-electron chi connectivity index (χ1n) is 9.22. The van der Waals surface area contributed by atoms with Crippen LogP contribution in [0.4, 0.5) is 0 Å². The van der Waals surface area contributed by atoms with Gasteiger partial charge in [-0.3, -0.25) is 14.0 Å². The Labute approximate surface area is 152 Å². The number of carbonyl (C=O) groups excluding carboxylic acids is 1. The fourth-order valence-electron chi connectivity index (χ4n) is 3.55. The molecule has 2 aromatic heterocycles. The quantitative estimate of drug-likeness (QED) is 0.795. The predicted octanol–water partition coefficient (Wildman–Crippen LogP) is 1.70. The van der Waals surface area contributed by atoms with E-state index >= 15 is 0 Å². The summed E-state index contributed by atoms with van der Waals surface area (Å²) in [5.41, 5.74) is 0.242. The van der Waals surface area contributed by atoms with Gasteiger partial charge in [-0.25, -0.2) is 0 Å². The Kier molecular flexibility index (Phi) is 5.56. The lowest BCUT2D eigenvalue weighted by atomic mass is 10.0. The number of aromatic nitrogens is 2. The fraction of sp³-hybridized carbons (Fsp3) is 0.526. The molecule has 0 aromatic carbocycles. The molecule has 26 heavy (non-hydrogen) atoms. The molecule has 2 aromatic rings. The Morgan fingerprint density at radius 2 is 2.23 bits per heavy atom. The number of aromatic hydroxyl groups is 1. The molecule has 0 spiro atoms. The topological polar surface area (TPSA) is 86.9 Å². The molecule has 3 heterocycles. The second-order valence-electron chi connectivity index (χ2n) is 6.99. The van der Waals surface area contributed by atoms with Crippen molar-refractivity contribution in [3.05, 3.63) is 39.8 Å². The molecule has 2 N–H and O–H groups in total. The minimum Gasteiger partial charge on any atom is -0.493 e. The van der Waals surface area contributed by atoms with E-state index in [1.165, 1.54) is 23.7 Å². The average molecular weight is 358 g/mol. The van der Waals surface area contributed by atoms with Crippen LogP contribution < -0.4 is 10.9 Å². The smallest absolute Gasteiger partial charge is 0.274 e. The van der Waals surface area contributed by atoms with Crippen LogP contribution in [-0.2, 0) is 0 Å². The van der Waals surface area contributed by atoms with Gasteiger partial charge in [0.2, 0.25) is 5.88 Å². The molecule has 1 aliphatic rings. The summed E-state index contributed by atoms with van der Waals surface area (Å²) in [5.74, 6) is -1.10. The van der Waals surface area contributed by atoms with Crippen molar-refractivity contribution in [3.8, 4) is 5.88 Å². The predicted molar refractivity (Wildman–Crippen MR) is 99.7 cm³/mol. The molecule has 0 unspecified atom stereocenters. The molecule has 1 atom stereocenters. The van der Waals surface area contributed by atoms with Gasteiger partial charge < -0.3 is 15.3 Å². The molecule has 3 rings (SSSR count). The second-order valence-corrected chi connectivity index (χ2v) is 6.99. The van der Waals surface area contributed by atoms with Gasteiger partial charge in [0, 0.05) is 25.3 Å². The summed E-state index contributed by atoms with van der Waals surface area (Å²) in [5, 5.41) is 12.8. The monoisotopic (exact) mass is 358 g/mol. The number of nitrogens with zero attached hydrogens (tertiary/aromatic N) is 3. The van der Waals surface area contributed by atoms with Gasteiger partial charge in [0.25, 0.3) is 11.5 Å². The number of aryl methyl sites for hydroxylation is 1. The number of likely N-dealkylation sites (tertiary alicyclic amines) is 1. The zero-order valence-corrected chi connectivity index (χ0v) is 15.4. The van der Waals surface area contributed by atoms with Crippen molar-refractivity contribution < 1.29 is 9.90 Å². The summed E-state index contributed by atoms with van der Waals surface area (Å²) >= 11 is 0. The van der Waals surface area contributed by atoms with Crippen molar-refractivity contribution in [2.75, 3.05) is 19.6 Å². The first-order chi connectivity index (χ1) is 12.5. The van der Waals surface area contributed by atoms with Crippen LogP contribution in [0, 0.1) is 6.92 Å². The highest BCUT2D eigenvalue weighted by Gasteiger charge is 2.21. The molecular weight excluding hydrogens is 332 g/mol. The van der Waals surface area contributed by atoms with E-state index in [9.17, 15) is 14.7 Å². The minimum absolute atomic E-state index is 0.306. The number of nitrogens with one attached hydrogen (secondary N) is 1. The van der Waals surface area contributed by atoms with E-state index in [1.54, 1.807) is 25.3 Å². The van der Waals surface area contributed by atoms with E-state index in [0.717, 1.165) is 25.1 Å². The van der Waals surface area contributed by atoms with Gasteiger partial charge in [0.15, 0.2) is 5.56 Å². The largest absolute Gasteiger partial charge is 0.493 e.